The van der Waals surface area contributed by atoms with E-state index in [1.54, 1.807) is 12.3 Å². The number of hydrogen-bond acceptors (Lipinski definition) is 4. The Labute approximate surface area is 196 Å². The van der Waals surface area contributed by atoms with Crippen molar-refractivity contribution in [2.75, 3.05) is 0 Å². The molecule has 2 heterocycles. The van der Waals surface area contributed by atoms with Gasteiger partial charge < -0.3 is 10.1 Å². The zero-order valence-corrected chi connectivity index (χ0v) is 19.7. The highest BCUT2D eigenvalue weighted by Gasteiger charge is 2.27. The summed E-state index contributed by atoms with van der Waals surface area (Å²) in [6, 6.07) is 15.2. The minimum absolute atomic E-state index is 0.0187. The SMILES string of the molecule is Cc1ccc(C#Cc2ccc(S(=O)(=O)NC(Cc3c[nH]c4cccc(C)c34)C(=O)O)s2)cc1. The highest BCUT2D eigenvalue weighted by Crippen LogP contribution is 2.25. The third-order valence-electron chi connectivity index (χ3n) is 5.24. The van der Waals surface area contributed by atoms with Crippen LogP contribution in [-0.4, -0.2) is 30.5 Å². The number of aromatic nitrogens is 1. The number of carboxylic acid groups (broad SMARTS) is 1. The first kappa shape index (κ1) is 22.8. The molecule has 0 aliphatic heterocycles. The molecule has 2 aromatic heterocycles. The Morgan fingerprint density at radius 3 is 2.58 bits per heavy atom. The number of carboxylic acids is 1. The van der Waals surface area contributed by atoms with Gasteiger partial charge in [-0.2, -0.15) is 4.72 Å². The number of carbonyl (C=O) groups is 1. The molecule has 0 spiro atoms. The van der Waals surface area contributed by atoms with Gasteiger partial charge >= 0.3 is 5.97 Å². The van der Waals surface area contributed by atoms with Crippen molar-refractivity contribution < 1.29 is 18.3 Å². The van der Waals surface area contributed by atoms with Crippen LogP contribution in [0.2, 0.25) is 0 Å². The molecule has 168 valence electrons. The summed E-state index contributed by atoms with van der Waals surface area (Å²) in [4.78, 5) is 15.6. The Hall–Kier alpha value is -3.38. The van der Waals surface area contributed by atoms with Crippen molar-refractivity contribution >= 4 is 38.2 Å². The highest BCUT2D eigenvalue weighted by molar-refractivity contribution is 7.91. The van der Waals surface area contributed by atoms with Gasteiger partial charge in [0.05, 0.1) is 4.88 Å². The van der Waals surface area contributed by atoms with E-state index in [4.69, 9.17) is 0 Å². The van der Waals surface area contributed by atoms with E-state index in [1.165, 1.54) is 6.07 Å². The lowest BCUT2D eigenvalue weighted by molar-refractivity contribution is -0.138. The number of nitrogens with one attached hydrogen (secondary N) is 2. The van der Waals surface area contributed by atoms with E-state index < -0.39 is 22.0 Å². The summed E-state index contributed by atoms with van der Waals surface area (Å²) >= 11 is 1.01. The van der Waals surface area contributed by atoms with Crippen LogP contribution in [0.1, 0.15) is 27.1 Å². The second-order valence-corrected chi connectivity index (χ2v) is 10.8. The second-order valence-electron chi connectivity index (χ2n) is 7.76. The minimum atomic E-state index is -4.03. The molecule has 0 aliphatic carbocycles. The molecule has 8 heteroatoms. The molecule has 0 amide bonds. The van der Waals surface area contributed by atoms with Crippen molar-refractivity contribution in [3.8, 4) is 11.8 Å². The molecule has 0 saturated heterocycles. The van der Waals surface area contributed by atoms with Gasteiger partial charge in [-0.05, 0) is 55.3 Å². The molecule has 0 radical (unpaired) electrons. The number of aliphatic carboxylic acids is 1. The van der Waals surface area contributed by atoms with Crippen molar-refractivity contribution in [1.82, 2.24) is 9.71 Å². The summed E-state index contributed by atoms with van der Waals surface area (Å²) in [7, 11) is -4.03. The Balaban J connectivity index is 1.54. The number of aromatic amines is 1. The lowest BCUT2D eigenvalue weighted by atomic mass is 10.0. The quantitative estimate of drug-likeness (QED) is 0.361. The lowest BCUT2D eigenvalue weighted by Crippen LogP contribution is -2.42. The molecular formula is C25H22N2O4S2. The average Bonchev–Trinajstić information content (AvgIpc) is 3.41. The van der Waals surface area contributed by atoms with Crippen LogP contribution in [0.25, 0.3) is 10.9 Å². The first-order valence-electron chi connectivity index (χ1n) is 10.2. The molecule has 3 N–H and O–H groups in total. The summed E-state index contributed by atoms with van der Waals surface area (Å²) < 4.78 is 28.2. The van der Waals surface area contributed by atoms with E-state index in [0.717, 1.165) is 44.5 Å². The number of fused-ring (bicyclic) bond motifs is 1. The van der Waals surface area contributed by atoms with E-state index in [1.807, 2.05) is 56.3 Å². The lowest BCUT2D eigenvalue weighted by Gasteiger charge is -2.14. The van der Waals surface area contributed by atoms with Crippen molar-refractivity contribution in [3.05, 3.63) is 87.9 Å². The Kier molecular flexibility index (Phi) is 6.38. The Morgan fingerprint density at radius 1 is 1.09 bits per heavy atom. The van der Waals surface area contributed by atoms with E-state index in [0.29, 0.717) is 4.88 Å². The van der Waals surface area contributed by atoms with Crippen LogP contribution in [0.5, 0.6) is 0 Å². The minimum Gasteiger partial charge on any atom is -0.480 e. The van der Waals surface area contributed by atoms with Gasteiger partial charge in [-0.3, -0.25) is 4.79 Å². The van der Waals surface area contributed by atoms with E-state index in [-0.39, 0.29) is 10.6 Å². The third-order valence-corrected chi connectivity index (χ3v) is 8.21. The van der Waals surface area contributed by atoms with Gasteiger partial charge in [0.15, 0.2) is 0 Å². The number of thiophene rings is 1. The number of H-pyrrole nitrogens is 1. The topological polar surface area (TPSA) is 99.3 Å². The molecule has 1 atom stereocenters. The molecule has 4 aromatic rings. The number of sulfonamides is 1. The highest BCUT2D eigenvalue weighted by atomic mass is 32.2. The molecule has 6 nitrogen and oxygen atoms in total. The van der Waals surface area contributed by atoms with E-state index in [9.17, 15) is 18.3 Å². The number of aryl methyl sites for hydroxylation is 2. The number of rotatable bonds is 6. The Bertz CT molecular complexity index is 1490. The predicted octanol–water partition coefficient (Wildman–Crippen LogP) is 4.22. The van der Waals surface area contributed by atoms with Crippen molar-refractivity contribution in [2.24, 2.45) is 0 Å². The maximum atomic E-state index is 12.9. The first-order valence-corrected chi connectivity index (χ1v) is 12.5. The van der Waals surface area contributed by atoms with Gasteiger partial charge in [-0.15, -0.1) is 11.3 Å². The fraction of sp³-hybridized carbons (Fsp3) is 0.160. The molecular weight excluding hydrogens is 456 g/mol. The molecule has 1 unspecified atom stereocenters. The fourth-order valence-corrected chi connectivity index (χ4v) is 5.92. The fourth-order valence-electron chi connectivity index (χ4n) is 3.56. The third kappa shape index (κ3) is 5.17. The van der Waals surface area contributed by atoms with Gasteiger partial charge in [0, 0.05) is 29.1 Å². The summed E-state index contributed by atoms with van der Waals surface area (Å²) in [5.41, 5.74) is 4.58. The number of benzene rings is 2. The zero-order chi connectivity index (χ0) is 23.6. The molecule has 0 saturated carbocycles. The van der Waals surface area contributed by atoms with Gasteiger partial charge in [-0.1, -0.05) is 41.7 Å². The van der Waals surface area contributed by atoms with Crippen LogP contribution in [0, 0.1) is 25.7 Å². The van der Waals surface area contributed by atoms with Crippen LogP contribution in [0.4, 0.5) is 0 Å². The van der Waals surface area contributed by atoms with Crippen LogP contribution in [0.15, 0.2) is 65.0 Å². The summed E-state index contributed by atoms with van der Waals surface area (Å²) in [6.45, 7) is 3.93. The maximum absolute atomic E-state index is 12.9. The molecule has 0 fully saturated rings. The van der Waals surface area contributed by atoms with Crippen LogP contribution < -0.4 is 4.72 Å². The molecule has 4 rings (SSSR count). The summed E-state index contributed by atoms with van der Waals surface area (Å²) in [5, 5.41) is 10.6. The smallest absolute Gasteiger partial charge is 0.322 e. The summed E-state index contributed by atoms with van der Waals surface area (Å²) in [5.74, 6) is 4.74. The van der Waals surface area contributed by atoms with Crippen molar-refractivity contribution in [2.45, 2.75) is 30.5 Å². The van der Waals surface area contributed by atoms with Gasteiger partial charge in [0.25, 0.3) is 10.0 Å². The average molecular weight is 479 g/mol. The molecule has 0 aliphatic rings. The maximum Gasteiger partial charge on any atom is 0.322 e. The van der Waals surface area contributed by atoms with Gasteiger partial charge in [-0.25, -0.2) is 8.42 Å². The summed E-state index contributed by atoms with van der Waals surface area (Å²) in [6.07, 6.45) is 1.75. The largest absolute Gasteiger partial charge is 0.480 e. The molecule has 0 bridgehead atoms. The second kappa shape index (κ2) is 9.24. The Morgan fingerprint density at radius 2 is 1.85 bits per heavy atom. The molecule has 33 heavy (non-hydrogen) atoms. The zero-order valence-electron chi connectivity index (χ0n) is 18.0. The van der Waals surface area contributed by atoms with Crippen LogP contribution >= 0.6 is 11.3 Å². The van der Waals surface area contributed by atoms with Crippen LogP contribution in [-0.2, 0) is 21.2 Å². The van der Waals surface area contributed by atoms with E-state index >= 15 is 0 Å². The molecule has 2 aromatic carbocycles. The van der Waals surface area contributed by atoms with Crippen molar-refractivity contribution in [3.63, 3.8) is 0 Å². The van der Waals surface area contributed by atoms with Gasteiger partial charge in [0.2, 0.25) is 0 Å². The normalized spacial score (nSPS) is 12.3. The predicted molar refractivity (Wildman–Crippen MR) is 130 cm³/mol. The standard InChI is InChI=1S/C25H22N2O4S2/c1-16-6-8-18(9-7-16)10-11-20-12-13-23(32-20)33(30,31)27-22(25(28)29)14-19-15-26-21-5-3-4-17(2)24(19)21/h3-9,12-13,15,22,26-27H,14H2,1-2H3,(H,28,29). The van der Waals surface area contributed by atoms with Crippen LogP contribution in [0.3, 0.4) is 0 Å². The monoisotopic (exact) mass is 478 g/mol. The number of hydrogen-bond donors (Lipinski definition) is 3. The van der Waals surface area contributed by atoms with Crippen molar-refractivity contribution in [1.29, 1.82) is 0 Å². The first-order chi connectivity index (χ1) is 15.7. The van der Waals surface area contributed by atoms with Gasteiger partial charge in [0.1, 0.15) is 10.3 Å². The van der Waals surface area contributed by atoms with E-state index in [2.05, 4.69) is 21.5 Å².